The Balaban J connectivity index is 1.85. The summed E-state index contributed by atoms with van der Waals surface area (Å²) in [5.74, 6) is -4.75. The van der Waals surface area contributed by atoms with Gasteiger partial charge in [-0.05, 0) is 12.0 Å². The van der Waals surface area contributed by atoms with Crippen LogP contribution in [0.2, 0.25) is 0 Å². The summed E-state index contributed by atoms with van der Waals surface area (Å²) in [5.41, 5.74) is 0.329. The molecule has 0 bridgehead atoms. The summed E-state index contributed by atoms with van der Waals surface area (Å²) >= 11 is 0. The van der Waals surface area contributed by atoms with Crippen LogP contribution in [0.25, 0.3) is 0 Å². The lowest BCUT2D eigenvalue weighted by Crippen LogP contribution is -2.27. The fourth-order valence-electron chi connectivity index (χ4n) is 2.79. The second-order valence-corrected chi connectivity index (χ2v) is 7.84. The lowest BCUT2D eigenvalue weighted by atomic mass is 9.95. The molecule has 2 aromatic heterocycles. The molecule has 1 aliphatic carbocycles. The van der Waals surface area contributed by atoms with Crippen molar-refractivity contribution < 1.29 is 39.8 Å². The lowest BCUT2D eigenvalue weighted by Gasteiger charge is -2.22. The molecule has 29 heavy (non-hydrogen) atoms. The van der Waals surface area contributed by atoms with Crippen LogP contribution < -0.4 is 14.2 Å². The van der Waals surface area contributed by atoms with E-state index in [1.807, 2.05) is 4.72 Å². The van der Waals surface area contributed by atoms with Gasteiger partial charge in [-0.1, -0.05) is 0 Å². The van der Waals surface area contributed by atoms with Crippen molar-refractivity contribution in [2.45, 2.75) is 36.2 Å². The number of rotatable bonds is 7. The summed E-state index contributed by atoms with van der Waals surface area (Å²) in [4.78, 5) is 9.43. The predicted molar refractivity (Wildman–Crippen MR) is 88.7 cm³/mol. The summed E-state index contributed by atoms with van der Waals surface area (Å²) in [7, 11) is -3.24. The highest BCUT2D eigenvalue weighted by atomic mass is 32.2. The van der Waals surface area contributed by atoms with Crippen LogP contribution in [-0.4, -0.2) is 49.2 Å². The van der Waals surface area contributed by atoms with Crippen LogP contribution in [0.1, 0.15) is 17.7 Å². The Morgan fingerprint density at radius 1 is 1.38 bits per heavy atom. The minimum Gasteiger partial charge on any atom is -0.478 e. The van der Waals surface area contributed by atoms with Gasteiger partial charge in [-0.2, -0.15) is 13.8 Å². The molecule has 14 heteroatoms. The van der Waals surface area contributed by atoms with E-state index in [2.05, 4.69) is 19.7 Å². The van der Waals surface area contributed by atoms with Crippen LogP contribution >= 0.6 is 0 Å². The average Bonchev–Trinajstić information content (AvgIpc) is 3.05. The molecule has 1 aliphatic rings. The molecular weight excluding hydrogens is 427 g/mol. The van der Waals surface area contributed by atoms with Gasteiger partial charge in [-0.3, -0.25) is 0 Å². The maximum atomic E-state index is 13.5. The highest BCUT2D eigenvalue weighted by molar-refractivity contribution is 7.92. The van der Waals surface area contributed by atoms with Crippen molar-refractivity contribution in [2.24, 2.45) is 0 Å². The third-order valence-corrected chi connectivity index (χ3v) is 5.46. The van der Waals surface area contributed by atoms with E-state index < -0.39 is 59.1 Å². The molecule has 0 aromatic carbocycles. The van der Waals surface area contributed by atoms with Crippen LogP contribution in [0.3, 0.4) is 0 Å². The number of methoxy groups -OCH3 is 1. The molecule has 0 aliphatic heterocycles. The zero-order valence-corrected chi connectivity index (χ0v) is 15.6. The molecule has 0 amide bonds. The van der Waals surface area contributed by atoms with E-state index >= 15 is 0 Å². The lowest BCUT2D eigenvalue weighted by molar-refractivity contribution is -0.187. The van der Waals surface area contributed by atoms with Crippen molar-refractivity contribution in [3.05, 3.63) is 23.7 Å². The van der Waals surface area contributed by atoms with Gasteiger partial charge in [0.1, 0.15) is 4.90 Å². The van der Waals surface area contributed by atoms with E-state index in [0.717, 1.165) is 13.3 Å². The van der Waals surface area contributed by atoms with E-state index in [0.29, 0.717) is 6.20 Å². The van der Waals surface area contributed by atoms with Crippen LogP contribution in [0.5, 0.6) is 11.6 Å². The first-order chi connectivity index (χ1) is 13.5. The van der Waals surface area contributed by atoms with Crippen LogP contribution in [-0.2, 0) is 22.9 Å². The smallest absolute Gasteiger partial charge is 0.427 e. The van der Waals surface area contributed by atoms with Gasteiger partial charge < -0.3 is 14.5 Å². The number of anilines is 1. The second kappa shape index (κ2) is 7.31. The van der Waals surface area contributed by atoms with Crippen LogP contribution in [0.15, 0.2) is 17.3 Å². The van der Waals surface area contributed by atoms with Gasteiger partial charge in [0.05, 0.1) is 19.7 Å². The number of aromatic amines is 1. The highest BCUT2D eigenvalue weighted by Gasteiger charge is 2.38. The summed E-state index contributed by atoms with van der Waals surface area (Å²) in [5, 5.41) is 0. The molecule has 3 rings (SSSR count). The number of ether oxygens (including phenoxy) is 2. The zero-order valence-electron chi connectivity index (χ0n) is 14.8. The highest BCUT2D eigenvalue weighted by Crippen LogP contribution is 2.36. The first-order valence-corrected chi connectivity index (χ1v) is 9.58. The van der Waals surface area contributed by atoms with Gasteiger partial charge in [0.2, 0.25) is 11.7 Å². The Hall–Kier alpha value is -2.64. The second-order valence-electron chi connectivity index (χ2n) is 6.19. The number of fused-ring (bicyclic) bond motifs is 1. The van der Waals surface area contributed by atoms with Crippen molar-refractivity contribution in [1.82, 2.24) is 15.0 Å². The SMILES string of the molecule is COc1nc(NS(=O)(=O)c2c[nH]c3c2CCC(F)(F)C3)ncc1OC(F)(F)CF. The van der Waals surface area contributed by atoms with Gasteiger partial charge in [-0.25, -0.2) is 31.3 Å². The normalized spacial score (nSPS) is 16.2. The van der Waals surface area contributed by atoms with Gasteiger partial charge in [0.25, 0.3) is 21.8 Å². The van der Waals surface area contributed by atoms with Gasteiger partial charge in [0.15, 0.2) is 6.67 Å². The number of aromatic nitrogens is 3. The minimum atomic E-state index is -4.28. The average molecular weight is 442 g/mol. The Kier molecular flexibility index (Phi) is 5.32. The van der Waals surface area contributed by atoms with Gasteiger partial charge >= 0.3 is 6.11 Å². The summed E-state index contributed by atoms with van der Waals surface area (Å²) in [6, 6.07) is 0. The molecule has 0 fully saturated rings. The number of alkyl halides is 5. The fourth-order valence-corrected chi connectivity index (χ4v) is 4.00. The number of hydrogen-bond donors (Lipinski definition) is 2. The Bertz CT molecular complexity index is 1010. The Morgan fingerprint density at radius 2 is 2.10 bits per heavy atom. The van der Waals surface area contributed by atoms with E-state index in [1.165, 1.54) is 0 Å². The van der Waals surface area contributed by atoms with Gasteiger partial charge in [-0.15, -0.1) is 0 Å². The molecule has 8 nitrogen and oxygen atoms in total. The van der Waals surface area contributed by atoms with E-state index in [4.69, 9.17) is 4.74 Å². The molecule has 0 atom stereocenters. The van der Waals surface area contributed by atoms with E-state index in [1.54, 1.807) is 0 Å². The van der Waals surface area contributed by atoms with Crippen LogP contribution in [0, 0.1) is 0 Å². The number of H-pyrrole nitrogens is 1. The molecular formula is C15H15F5N4O4S. The number of halogens is 5. The molecule has 0 spiro atoms. The Morgan fingerprint density at radius 3 is 2.76 bits per heavy atom. The van der Waals surface area contributed by atoms with Crippen molar-refractivity contribution in [1.29, 1.82) is 0 Å². The molecule has 0 saturated carbocycles. The number of sulfonamides is 1. The van der Waals surface area contributed by atoms with Crippen molar-refractivity contribution in [3.63, 3.8) is 0 Å². The first kappa shape index (κ1) is 21.1. The molecule has 0 unspecified atom stereocenters. The van der Waals surface area contributed by atoms with Gasteiger partial charge in [0, 0.05) is 18.3 Å². The number of nitrogens with zero attached hydrogens (tertiary/aromatic N) is 2. The van der Waals surface area contributed by atoms with E-state index in [9.17, 15) is 30.4 Å². The summed E-state index contributed by atoms with van der Waals surface area (Å²) in [6.07, 6.45) is -3.66. The molecule has 0 saturated heterocycles. The minimum absolute atomic E-state index is 0.109. The third kappa shape index (κ3) is 4.52. The number of hydrogen-bond acceptors (Lipinski definition) is 6. The topological polar surface area (TPSA) is 106 Å². The molecule has 0 radical (unpaired) electrons. The fraction of sp³-hybridized carbons (Fsp3) is 0.467. The molecule has 2 N–H and O–H groups in total. The molecule has 2 heterocycles. The maximum Gasteiger partial charge on any atom is 0.427 e. The molecule has 2 aromatic rings. The summed E-state index contributed by atoms with van der Waals surface area (Å²) < 4.78 is 101. The van der Waals surface area contributed by atoms with Crippen molar-refractivity contribution >= 4 is 16.0 Å². The monoisotopic (exact) mass is 442 g/mol. The standard InChI is InChI=1S/C15H15F5N4O4S/c1-27-12-10(28-15(19,20)7-16)5-22-13(23-12)24-29(25,26)11-6-21-9-4-14(17,18)3-2-8(9)11/h5-6,21H,2-4,7H2,1H3,(H,22,23,24). The zero-order chi connectivity index (χ0) is 21.4. The maximum absolute atomic E-state index is 13.5. The van der Waals surface area contributed by atoms with E-state index in [-0.39, 0.29) is 22.6 Å². The quantitative estimate of drug-likeness (QED) is 0.639. The Labute approximate surface area is 161 Å². The predicted octanol–water partition coefficient (Wildman–Crippen LogP) is 2.68. The van der Waals surface area contributed by atoms with Crippen molar-refractivity contribution in [3.8, 4) is 11.6 Å². The summed E-state index contributed by atoms with van der Waals surface area (Å²) in [6.45, 7) is -2.11. The van der Waals surface area contributed by atoms with Crippen LogP contribution in [0.4, 0.5) is 27.9 Å². The first-order valence-electron chi connectivity index (χ1n) is 8.10. The molecule has 160 valence electrons. The largest absolute Gasteiger partial charge is 0.478 e. The van der Waals surface area contributed by atoms with Crippen molar-refractivity contribution in [2.75, 3.05) is 18.5 Å². The third-order valence-electron chi connectivity index (χ3n) is 4.06. The number of nitrogens with one attached hydrogen (secondary N) is 2.